The lowest BCUT2D eigenvalue weighted by Crippen LogP contribution is -2.15. The molecular weight excluding hydrogens is 267 g/mol. The van der Waals surface area contributed by atoms with Gasteiger partial charge in [0.05, 0.1) is 5.69 Å². The van der Waals surface area contributed by atoms with E-state index in [1.165, 1.54) is 18.9 Å². The molecule has 110 valence electrons. The molecule has 21 heavy (non-hydrogen) atoms. The molecule has 3 rings (SSSR count). The summed E-state index contributed by atoms with van der Waals surface area (Å²) in [4.78, 5) is 4.16. The van der Waals surface area contributed by atoms with E-state index in [4.69, 9.17) is 4.74 Å². The van der Waals surface area contributed by atoms with Gasteiger partial charge in [-0.25, -0.2) is 4.39 Å². The minimum absolute atomic E-state index is 0.218. The van der Waals surface area contributed by atoms with Crippen molar-refractivity contribution in [3.05, 3.63) is 59.2 Å². The highest BCUT2D eigenvalue weighted by molar-refractivity contribution is 5.28. The van der Waals surface area contributed by atoms with Gasteiger partial charge in [0.25, 0.3) is 0 Å². The SMILES string of the molecule is Cc1ncccc1OCc1cc(CNC2CC2)ccc1F. The fourth-order valence-electron chi connectivity index (χ4n) is 2.18. The lowest BCUT2D eigenvalue weighted by Gasteiger charge is -2.11. The topological polar surface area (TPSA) is 34.1 Å². The smallest absolute Gasteiger partial charge is 0.141 e. The van der Waals surface area contributed by atoms with Crippen molar-refractivity contribution in [3.8, 4) is 5.75 Å². The summed E-state index contributed by atoms with van der Waals surface area (Å²) in [5.74, 6) is 0.463. The molecule has 1 aromatic heterocycles. The molecule has 1 saturated carbocycles. The van der Waals surface area contributed by atoms with Gasteiger partial charge in [0.15, 0.2) is 0 Å². The van der Waals surface area contributed by atoms with Crippen LogP contribution in [0.2, 0.25) is 0 Å². The van der Waals surface area contributed by atoms with Gasteiger partial charge in [-0.3, -0.25) is 4.98 Å². The summed E-state index contributed by atoms with van der Waals surface area (Å²) >= 11 is 0. The van der Waals surface area contributed by atoms with Crippen molar-refractivity contribution in [2.24, 2.45) is 0 Å². The van der Waals surface area contributed by atoms with Crippen LogP contribution in [0.4, 0.5) is 4.39 Å². The number of aryl methyl sites for hydroxylation is 1. The van der Waals surface area contributed by atoms with Crippen molar-refractivity contribution >= 4 is 0 Å². The molecule has 1 aliphatic rings. The van der Waals surface area contributed by atoms with Crippen molar-refractivity contribution in [1.29, 1.82) is 0 Å². The first-order valence-electron chi connectivity index (χ1n) is 7.27. The Kier molecular flexibility index (Phi) is 4.15. The maximum atomic E-state index is 13.9. The number of benzene rings is 1. The first kappa shape index (κ1) is 14.0. The molecule has 0 radical (unpaired) electrons. The Balaban J connectivity index is 1.65. The van der Waals surface area contributed by atoms with Crippen LogP contribution in [-0.4, -0.2) is 11.0 Å². The minimum Gasteiger partial charge on any atom is -0.487 e. The molecule has 1 aromatic carbocycles. The lowest BCUT2D eigenvalue weighted by molar-refractivity contribution is 0.296. The van der Waals surface area contributed by atoms with E-state index < -0.39 is 0 Å². The molecule has 3 nitrogen and oxygen atoms in total. The van der Waals surface area contributed by atoms with Gasteiger partial charge in [0.2, 0.25) is 0 Å². The van der Waals surface area contributed by atoms with Crippen LogP contribution >= 0.6 is 0 Å². The molecule has 1 heterocycles. The van der Waals surface area contributed by atoms with E-state index in [9.17, 15) is 4.39 Å². The van der Waals surface area contributed by atoms with Crippen LogP contribution < -0.4 is 10.1 Å². The first-order chi connectivity index (χ1) is 10.2. The largest absolute Gasteiger partial charge is 0.487 e. The van der Waals surface area contributed by atoms with Crippen molar-refractivity contribution in [1.82, 2.24) is 10.3 Å². The third-order valence-corrected chi connectivity index (χ3v) is 3.62. The van der Waals surface area contributed by atoms with Gasteiger partial charge in [0.1, 0.15) is 18.2 Å². The Bertz CT molecular complexity index is 626. The summed E-state index contributed by atoms with van der Waals surface area (Å²) in [5.41, 5.74) is 2.47. The summed E-state index contributed by atoms with van der Waals surface area (Å²) in [7, 11) is 0. The summed E-state index contributed by atoms with van der Waals surface area (Å²) in [5, 5.41) is 3.43. The van der Waals surface area contributed by atoms with Crippen LogP contribution in [0.25, 0.3) is 0 Å². The first-order valence-corrected chi connectivity index (χ1v) is 7.27. The highest BCUT2D eigenvalue weighted by Gasteiger charge is 2.20. The quantitative estimate of drug-likeness (QED) is 0.884. The number of hydrogen-bond acceptors (Lipinski definition) is 3. The van der Waals surface area contributed by atoms with Gasteiger partial charge in [0, 0.05) is 24.3 Å². The normalized spacial score (nSPS) is 14.2. The second-order valence-electron chi connectivity index (χ2n) is 5.46. The Hall–Kier alpha value is -1.94. The van der Waals surface area contributed by atoms with Crippen LogP contribution in [0.1, 0.15) is 29.7 Å². The number of nitrogens with one attached hydrogen (secondary N) is 1. The molecule has 4 heteroatoms. The lowest BCUT2D eigenvalue weighted by atomic mass is 10.1. The van der Waals surface area contributed by atoms with Crippen LogP contribution in [0.3, 0.4) is 0 Å². The van der Waals surface area contributed by atoms with E-state index in [0.717, 1.165) is 17.8 Å². The molecule has 0 saturated heterocycles. The van der Waals surface area contributed by atoms with E-state index in [1.54, 1.807) is 6.20 Å². The highest BCUT2D eigenvalue weighted by Crippen LogP contribution is 2.21. The van der Waals surface area contributed by atoms with E-state index in [2.05, 4.69) is 10.3 Å². The average Bonchev–Trinajstić information content (AvgIpc) is 3.31. The Morgan fingerprint density at radius 1 is 1.33 bits per heavy atom. The van der Waals surface area contributed by atoms with Gasteiger partial charge >= 0.3 is 0 Å². The molecule has 0 aliphatic heterocycles. The second-order valence-corrected chi connectivity index (χ2v) is 5.46. The molecule has 0 unspecified atom stereocenters. The number of pyridine rings is 1. The van der Waals surface area contributed by atoms with Gasteiger partial charge < -0.3 is 10.1 Å². The molecule has 0 amide bonds. The second kappa shape index (κ2) is 6.22. The summed E-state index contributed by atoms with van der Waals surface area (Å²) in [6.07, 6.45) is 4.21. The standard InChI is InChI=1S/C17H19FN2O/c1-12-17(3-2-8-19-12)21-11-14-9-13(4-7-16(14)18)10-20-15-5-6-15/h2-4,7-9,15,20H,5-6,10-11H2,1H3. The molecular formula is C17H19FN2O. The zero-order valence-electron chi connectivity index (χ0n) is 12.1. The molecule has 2 aromatic rings. The van der Waals surface area contributed by atoms with Gasteiger partial charge in [-0.05, 0) is 49.6 Å². The minimum atomic E-state index is -0.230. The fraction of sp³-hybridized carbons (Fsp3) is 0.353. The zero-order valence-corrected chi connectivity index (χ0v) is 12.1. The van der Waals surface area contributed by atoms with E-state index in [-0.39, 0.29) is 12.4 Å². The van der Waals surface area contributed by atoms with E-state index in [1.807, 2.05) is 31.2 Å². The molecule has 1 fully saturated rings. The number of nitrogens with zero attached hydrogens (tertiary/aromatic N) is 1. The molecule has 1 N–H and O–H groups in total. The molecule has 0 bridgehead atoms. The number of ether oxygens (including phenoxy) is 1. The Morgan fingerprint density at radius 2 is 2.19 bits per heavy atom. The summed E-state index contributed by atoms with van der Waals surface area (Å²) in [6.45, 7) is 2.88. The van der Waals surface area contributed by atoms with Crippen LogP contribution in [-0.2, 0) is 13.2 Å². The van der Waals surface area contributed by atoms with Gasteiger partial charge in [-0.2, -0.15) is 0 Å². The number of aromatic nitrogens is 1. The van der Waals surface area contributed by atoms with Crippen LogP contribution in [0.5, 0.6) is 5.75 Å². The molecule has 0 atom stereocenters. The van der Waals surface area contributed by atoms with E-state index in [0.29, 0.717) is 17.4 Å². The van der Waals surface area contributed by atoms with Crippen LogP contribution in [0.15, 0.2) is 36.5 Å². The molecule has 0 spiro atoms. The Labute approximate surface area is 124 Å². The maximum absolute atomic E-state index is 13.9. The number of rotatable bonds is 6. The third kappa shape index (κ3) is 3.79. The average molecular weight is 286 g/mol. The molecule has 1 aliphatic carbocycles. The highest BCUT2D eigenvalue weighted by atomic mass is 19.1. The van der Waals surface area contributed by atoms with Gasteiger partial charge in [-0.1, -0.05) is 6.07 Å². The Morgan fingerprint density at radius 3 is 2.95 bits per heavy atom. The maximum Gasteiger partial charge on any atom is 0.141 e. The predicted molar refractivity (Wildman–Crippen MR) is 79.6 cm³/mol. The van der Waals surface area contributed by atoms with Gasteiger partial charge in [-0.15, -0.1) is 0 Å². The fourth-order valence-corrected chi connectivity index (χ4v) is 2.18. The number of halogens is 1. The predicted octanol–water partition coefficient (Wildman–Crippen LogP) is 3.36. The van der Waals surface area contributed by atoms with Crippen molar-refractivity contribution in [2.75, 3.05) is 0 Å². The summed E-state index contributed by atoms with van der Waals surface area (Å²) < 4.78 is 19.5. The summed E-state index contributed by atoms with van der Waals surface area (Å²) in [6, 6.07) is 9.51. The van der Waals surface area contributed by atoms with Crippen LogP contribution in [0, 0.1) is 12.7 Å². The van der Waals surface area contributed by atoms with Crippen molar-refractivity contribution < 1.29 is 9.13 Å². The van der Waals surface area contributed by atoms with E-state index >= 15 is 0 Å². The third-order valence-electron chi connectivity index (χ3n) is 3.62. The zero-order chi connectivity index (χ0) is 14.7. The van der Waals surface area contributed by atoms with Crippen molar-refractivity contribution in [2.45, 2.75) is 39.0 Å². The van der Waals surface area contributed by atoms with Crippen molar-refractivity contribution in [3.63, 3.8) is 0 Å². The number of hydrogen-bond donors (Lipinski definition) is 1. The monoisotopic (exact) mass is 286 g/mol.